The van der Waals surface area contributed by atoms with E-state index >= 15 is 0 Å². The van der Waals surface area contributed by atoms with Crippen LogP contribution in [0.25, 0.3) is 0 Å². The fourth-order valence-corrected chi connectivity index (χ4v) is 1.41. The van der Waals surface area contributed by atoms with Crippen molar-refractivity contribution < 1.29 is 14.2 Å². The molecule has 0 N–H and O–H groups in total. The fourth-order valence-electron chi connectivity index (χ4n) is 1.41. The molecule has 1 rings (SSSR count). The van der Waals surface area contributed by atoms with Gasteiger partial charge in [0.1, 0.15) is 0 Å². The van der Waals surface area contributed by atoms with Gasteiger partial charge in [-0.15, -0.1) is 0 Å². The highest BCUT2D eigenvalue weighted by Gasteiger charge is 1.94. The van der Waals surface area contributed by atoms with Gasteiger partial charge >= 0.3 is 0 Å². The van der Waals surface area contributed by atoms with Gasteiger partial charge in [0, 0.05) is 7.11 Å². The van der Waals surface area contributed by atoms with Crippen LogP contribution in [0.4, 0.5) is 0 Å². The highest BCUT2D eigenvalue weighted by Crippen LogP contribution is 2.03. The number of methoxy groups -OCH3 is 1. The van der Waals surface area contributed by atoms with E-state index in [-0.39, 0.29) is 0 Å². The van der Waals surface area contributed by atoms with Gasteiger partial charge in [0.25, 0.3) is 0 Å². The maximum absolute atomic E-state index is 5.48. The first-order valence-corrected chi connectivity index (χ1v) is 6.03. The van der Waals surface area contributed by atoms with Gasteiger partial charge in [-0.25, -0.2) is 0 Å². The number of aryl methyl sites for hydroxylation is 1. The fraction of sp³-hybridized carbons (Fsp3) is 0.571. The molecule has 0 aromatic heterocycles. The molecule has 0 unspecified atom stereocenters. The van der Waals surface area contributed by atoms with Crippen LogP contribution in [0.5, 0.6) is 0 Å². The second-order valence-electron chi connectivity index (χ2n) is 3.95. The second kappa shape index (κ2) is 9.16. The molecular weight excluding hydrogens is 216 g/mol. The van der Waals surface area contributed by atoms with Crippen LogP contribution < -0.4 is 0 Å². The molecule has 0 bridgehead atoms. The summed E-state index contributed by atoms with van der Waals surface area (Å²) in [6, 6.07) is 8.55. The summed E-state index contributed by atoms with van der Waals surface area (Å²) in [4.78, 5) is 0. The van der Waals surface area contributed by atoms with Crippen LogP contribution in [0.3, 0.4) is 0 Å². The van der Waals surface area contributed by atoms with Gasteiger partial charge in [0.05, 0.1) is 33.0 Å². The minimum atomic E-state index is 0.636. The van der Waals surface area contributed by atoms with Crippen molar-refractivity contribution in [3.63, 3.8) is 0 Å². The summed E-state index contributed by atoms with van der Waals surface area (Å²) in [5.41, 5.74) is 2.61. The van der Waals surface area contributed by atoms with Gasteiger partial charge < -0.3 is 14.2 Å². The molecule has 3 heteroatoms. The Bertz CT molecular complexity index is 282. The van der Waals surface area contributed by atoms with E-state index in [9.17, 15) is 0 Å². The first kappa shape index (κ1) is 14.2. The van der Waals surface area contributed by atoms with Crippen LogP contribution >= 0.6 is 0 Å². The minimum absolute atomic E-state index is 0.636. The number of ether oxygens (including phenoxy) is 3. The molecule has 0 spiro atoms. The van der Waals surface area contributed by atoms with E-state index in [2.05, 4.69) is 31.2 Å². The lowest BCUT2D eigenvalue weighted by Gasteiger charge is -2.05. The molecule has 0 atom stereocenters. The Hall–Kier alpha value is -0.900. The number of hydrogen-bond acceptors (Lipinski definition) is 3. The van der Waals surface area contributed by atoms with Crippen molar-refractivity contribution >= 4 is 0 Å². The average molecular weight is 238 g/mol. The zero-order valence-electron chi connectivity index (χ0n) is 10.8. The predicted octanol–water partition coefficient (Wildman–Crippen LogP) is 2.22. The summed E-state index contributed by atoms with van der Waals surface area (Å²) >= 11 is 0. The van der Waals surface area contributed by atoms with E-state index in [0.717, 1.165) is 13.0 Å². The first-order chi connectivity index (χ1) is 8.33. The lowest BCUT2D eigenvalue weighted by molar-refractivity contribution is 0.0255. The minimum Gasteiger partial charge on any atom is -0.382 e. The Morgan fingerprint density at radius 3 is 2.06 bits per heavy atom. The molecule has 0 fully saturated rings. The maximum atomic E-state index is 5.48. The van der Waals surface area contributed by atoms with Gasteiger partial charge in [0.2, 0.25) is 0 Å². The molecule has 0 aliphatic rings. The largest absolute Gasteiger partial charge is 0.382 e. The average Bonchev–Trinajstić information content (AvgIpc) is 2.35. The summed E-state index contributed by atoms with van der Waals surface area (Å²) in [6.45, 7) is 5.41. The molecule has 96 valence electrons. The van der Waals surface area contributed by atoms with Crippen LogP contribution in [0.2, 0.25) is 0 Å². The number of benzene rings is 1. The van der Waals surface area contributed by atoms with Crippen molar-refractivity contribution in [3.05, 3.63) is 35.4 Å². The maximum Gasteiger partial charge on any atom is 0.0701 e. The first-order valence-electron chi connectivity index (χ1n) is 6.03. The Balaban J connectivity index is 1.95. The molecular formula is C14H22O3. The Kier molecular flexibility index (Phi) is 7.63. The van der Waals surface area contributed by atoms with Gasteiger partial charge in [-0.2, -0.15) is 0 Å². The predicted molar refractivity (Wildman–Crippen MR) is 68.4 cm³/mol. The third-order valence-corrected chi connectivity index (χ3v) is 2.46. The van der Waals surface area contributed by atoms with E-state index in [1.807, 2.05) is 0 Å². The number of hydrogen-bond donors (Lipinski definition) is 0. The number of rotatable bonds is 9. The van der Waals surface area contributed by atoms with E-state index in [0.29, 0.717) is 26.4 Å². The summed E-state index contributed by atoms with van der Waals surface area (Å²) in [7, 11) is 1.67. The molecule has 0 saturated carbocycles. The smallest absolute Gasteiger partial charge is 0.0701 e. The van der Waals surface area contributed by atoms with E-state index in [4.69, 9.17) is 14.2 Å². The lowest BCUT2D eigenvalue weighted by Crippen LogP contribution is -2.09. The van der Waals surface area contributed by atoms with Crippen LogP contribution in [-0.4, -0.2) is 40.1 Å². The highest BCUT2D eigenvalue weighted by molar-refractivity contribution is 5.21. The molecule has 0 radical (unpaired) electrons. The molecule has 3 nitrogen and oxygen atoms in total. The SMILES string of the molecule is COCCOCCOCCc1ccc(C)cc1. The topological polar surface area (TPSA) is 27.7 Å². The van der Waals surface area contributed by atoms with Crippen molar-refractivity contribution in [3.8, 4) is 0 Å². The zero-order chi connectivity index (χ0) is 12.3. The van der Waals surface area contributed by atoms with E-state index in [1.165, 1.54) is 11.1 Å². The van der Waals surface area contributed by atoms with Gasteiger partial charge in [-0.1, -0.05) is 29.8 Å². The Labute approximate surface area is 104 Å². The van der Waals surface area contributed by atoms with E-state index in [1.54, 1.807) is 7.11 Å². The van der Waals surface area contributed by atoms with Crippen molar-refractivity contribution in [2.45, 2.75) is 13.3 Å². The van der Waals surface area contributed by atoms with Crippen molar-refractivity contribution in [1.29, 1.82) is 0 Å². The zero-order valence-corrected chi connectivity index (χ0v) is 10.8. The molecule has 0 amide bonds. The molecule has 0 aliphatic heterocycles. The van der Waals surface area contributed by atoms with Gasteiger partial charge in [-0.3, -0.25) is 0 Å². The van der Waals surface area contributed by atoms with Crippen LogP contribution in [0, 0.1) is 6.92 Å². The van der Waals surface area contributed by atoms with Crippen molar-refractivity contribution in [2.24, 2.45) is 0 Å². The van der Waals surface area contributed by atoms with E-state index < -0.39 is 0 Å². The Morgan fingerprint density at radius 2 is 1.41 bits per heavy atom. The van der Waals surface area contributed by atoms with Crippen molar-refractivity contribution in [2.75, 3.05) is 40.1 Å². The monoisotopic (exact) mass is 238 g/mol. The molecule has 0 aliphatic carbocycles. The molecule has 1 aromatic carbocycles. The Morgan fingerprint density at radius 1 is 0.824 bits per heavy atom. The second-order valence-corrected chi connectivity index (χ2v) is 3.95. The summed E-state index contributed by atoms with van der Waals surface area (Å²) in [5, 5.41) is 0. The third kappa shape index (κ3) is 7.10. The summed E-state index contributed by atoms with van der Waals surface area (Å²) < 4.78 is 15.6. The normalized spacial score (nSPS) is 10.7. The quantitative estimate of drug-likeness (QED) is 0.617. The molecule has 1 aromatic rings. The van der Waals surface area contributed by atoms with Crippen LogP contribution in [0.15, 0.2) is 24.3 Å². The third-order valence-electron chi connectivity index (χ3n) is 2.46. The lowest BCUT2D eigenvalue weighted by atomic mass is 10.1. The molecule has 0 saturated heterocycles. The summed E-state index contributed by atoms with van der Waals surface area (Å²) in [5.74, 6) is 0. The van der Waals surface area contributed by atoms with Crippen LogP contribution in [0.1, 0.15) is 11.1 Å². The highest BCUT2D eigenvalue weighted by atomic mass is 16.5. The molecule has 17 heavy (non-hydrogen) atoms. The van der Waals surface area contributed by atoms with Crippen molar-refractivity contribution in [1.82, 2.24) is 0 Å². The summed E-state index contributed by atoms with van der Waals surface area (Å²) in [6.07, 6.45) is 0.957. The molecule has 0 heterocycles. The van der Waals surface area contributed by atoms with Crippen LogP contribution in [-0.2, 0) is 20.6 Å². The standard InChI is InChI=1S/C14H22O3/c1-13-3-5-14(6-4-13)7-8-16-11-12-17-10-9-15-2/h3-6H,7-12H2,1-2H3. The van der Waals surface area contributed by atoms with Gasteiger partial charge in [-0.05, 0) is 18.9 Å². The van der Waals surface area contributed by atoms with Gasteiger partial charge in [0.15, 0.2) is 0 Å².